The number of ether oxygens (including phenoxy) is 1. The maximum Gasteiger partial charge on any atom is 0.222 e. The molecule has 1 amide bonds. The number of piperidine rings is 1. The van der Waals surface area contributed by atoms with Crippen molar-refractivity contribution in [1.29, 1.82) is 0 Å². The number of nitrogens with zero attached hydrogens (tertiary/aromatic N) is 4. The molecule has 0 saturated carbocycles. The predicted octanol–water partition coefficient (Wildman–Crippen LogP) is 1.93. The third kappa shape index (κ3) is 5.48. The lowest BCUT2D eigenvalue weighted by Gasteiger charge is -2.47. The largest absolute Gasteiger partial charge is 0.389 e. The first-order chi connectivity index (χ1) is 15.9. The van der Waals surface area contributed by atoms with Gasteiger partial charge in [-0.25, -0.2) is 0 Å². The Bertz CT molecular complexity index is 901. The van der Waals surface area contributed by atoms with Crippen molar-refractivity contribution in [3.05, 3.63) is 21.4 Å². The maximum absolute atomic E-state index is 11.7. The highest BCUT2D eigenvalue weighted by atomic mass is 32.1. The van der Waals surface area contributed by atoms with Gasteiger partial charge in [-0.2, -0.15) is 5.10 Å². The van der Waals surface area contributed by atoms with Crippen molar-refractivity contribution in [2.75, 3.05) is 39.3 Å². The highest BCUT2D eigenvalue weighted by molar-refractivity contribution is 7.12. The number of hydrogen-bond donors (Lipinski definition) is 2. The van der Waals surface area contributed by atoms with Crippen molar-refractivity contribution in [2.45, 2.75) is 70.1 Å². The van der Waals surface area contributed by atoms with E-state index in [0.717, 1.165) is 51.8 Å². The number of rotatable bonds is 8. The monoisotopic (exact) mass is 475 g/mol. The number of thiophene rings is 1. The summed E-state index contributed by atoms with van der Waals surface area (Å²) >= 11 is 1.95. The van der Waals surface area contributed by atoms with Gasteiger partial charge >= 0.3 is 0 Å². The van der Waals surface area contributed by atoms with E-state index in [4.69, 9.17) is 10.6 Å². The highest BCUT2D eigenvalue weighted by Crippen LogP contribution is 2.46. The molecule has 1 aromatic heterocycles. The minimum Gasteiger partial charge on any atom is -0.389 e. The summed E-state index contributed by atoms with van der Waals surface area (Å²) in [4.78, 5) is 23.1. The number of aliphatic hydroxyl groups is 1. The fourth-order valence-electron chi connectivity index (χ4n) is 5.32. The molecule has 182 valence electrons. The molecule has 8 nitrogen and oxygen atoms in total. The summed E-state index contributed by atoms with van der Waals surface area (Å²) in [5.41, 5.74) is 1.94. The Morgan fingerprint density at radius 3 is 3.00 bits per heavy atom. The van der Waals surface area contributed by atoms with Crippen LogP contribution in [0.1, 0.15) is 54.8 Å². The van der Waals surface area contributed by atoms with Gasteiger partial charge in [0.05, 0.1) is 30.6 Å². The Balaban J connectivity index is 1.31. The van der Waals surface area contributed by atoms with E-state index in [2.05, 4.69) is 34.9 Å². The molecule has 3 aliphatic heterocycles. The molecular formula is C24H37N5O3S. The van der Waals surface area contributed by atoms with Crippen molar-refractivity contribution in [2.24, 2.45) is 15.9 Å². The summed E-state index contributed by atoms with van der Waals surface area (Å²) in [5.74, 6) is 5.76. The highest BCUT2D eigenvalue weighted by Gasteiger charge is 2.44. The molecular weight excluding hydrogens is 438 g/mol. The van der Waals surface area contributed by atoms with Crippen LogP contribution in [0.25, 0.3) is 0 Å². The Morgan fingerprint density at radius 2 is 2.30 bits per heavy atom. The second kappa shape index (κ2) is 10.6. The number of aryl methyl sites for hydroxylation is 1. The first-order valence-corrected chi connectivity index (χ1v) is 13.0. The number of aliphatic imine (C=N–C) groups is 1. The zero-order valence-corrected chi connectivity index (χ0v) is 20.6. The first-order valence-electron chi connectivity index (χ1n) is 12.2. The summed E-state index contributed by atoms with van der Waals surface area (Å²) in [6.07, 6.45) is 6.45. The van der Waals surface area contributed by atoms with Gasteiger partial charge in [0.2, 0.25) is 5.91 Å². The Hall–Kier alpha value is -1.81. The average molecular weight is 476 g/mol. The van der Waals surface area contributed by atoms with Gasteiger partial charge in [0.1, 0.15) is 0 Å². The van der Waals surface area contributed by atoms with E-state index < -0.39 is 6.10 Å². The van der Waals surface area contributed by atoms with E-state index in [0.29, 0.717) is 31.3 Å². The van der Waals surface area contributed by atoms with Gasteiger partial charge in [0, 0.05) is 61.0 Å². The molecule has 1 spiro atoms. The Labute approximate surface area is 200 Å². The quantitative estimate of drug-likeness (QED) is 0.340. The normalized spacial score (nSPS) is 27.6. The van der Waals surface area contributed by atoms with Crippen LogP contribution in [0.4, 0.5) is 0 Å². The Morgan fingerprint density at radius 1 is 1.45 bits per heavy atom. The molecule has 0 radical (unpaired) electrons. The summed E-state index contributed by atoms with van der Waals surface area (Å²) in [5, 5.41) is 14.1. The van der Waals surface area contributed by atoms with Gasteiger partial charge in [-0.05, 0) is 44.2 Å². The lowest BCUT2D eigenvalue weighted by atomic mass is 9.79. The second-order valence-corrected chi connectivity index (χ2v) is 10.7. The number of carbonyl (C=O) groups excluding carboxylic acids is 1. The van der Waals surface area contributed by atoms with Crippen LogP contribution in [-0.4, -0.2) is 84.2 Å². The molecule has 2 saturated heterocycles. The number of aliphatic hydroxyl groups excluding tert-OH is 1. The number of nitrogens with two attached hydrogens (primary N) is 1. The van der Waals surface area contributed by atoms with Gasteiger partial charge in [-0.3, -0.25) is 14.7 Å². The lowest BCUT2D eigenvalue weighted by Crippen LogP contribution is -2.51. The molecule has 3 N–H and O–H groups in total. The minimum atomic E-state index is -0.674. The van der Waals surface area contributed by atoms with E-state index in [9.17, 15) is 9.90 Å². The number of amides is 1. The van der Waals surface area contributed by atoms with Gasteiger partial charge in [0.15, 0.2) is 0 Å². The molecule has 2 fully saturated rings. The zero-order valence-electron chi connectivity index (χ0n) is 19.8. The van der Waals surface area contributed by atoms with Gasteiger partial charge in [0.25, 0.3) is 0 Å². The first kappa shape index (κ1) is 24.3. The van der Waals surface area contributed by atoms with Crippen molar-refractivity contribution in [3.8, 4) is 0 Å². The summed E-state index contributed by atoms with van der Waals surface area (Å²) < 4.78 is 6.44. The Kier molecular flexibility index (Phi) is 7.83. The van der Waals surface area contributed by atoms with Crippen molar-refractivity contribution < 1.29 is 14.6 Å². The predicted molar refractivity (Wildman–Crippen MR) is 132 cm³/mol. The number of β-amino-alcohol motifs (C(OH)–C–C–N with tert-alkyl or cyclic N) is 1. The van der Waals surface area contributed by atoms with Crippen LogP contribution in [0.2, 0.25) is 0 Å². The van der Waals surface area contributed by atoms with Crippen LogP contribution in [0.15, 0.2) is 16.2 Å². The van der Waals surface area contributed by atoms with E-state index in [1.807, 2.05) is 11.3 Å². The topological polar surface area (TPSA) is 104 Å². The zero-order chi connectivity index (χ0) is 23.4. The van der Waals surface area contributed by atoms with Crippen LogP contribution in [-0.2, 0) is 28.0 Å². The van der Waals surface area contributed by atoms with Gasteiger partial charge in [-0.15, -0.1) is 11.3 Å². The molecule has 0 aromatic carbocycles. The molecule has 0 aliphatic carbocycles. The lowest BCUT2D eigenvalue weighted by molar-refractivity contribution is -0.128. The van der Waals surface area contributed by atoms with E-state index in [-0.39, 0.29) is 18.1 Å². The van der Waals surface area contributed by atoms with E-state index in [1.54, 1.807) is 11.1 Å². The van der Waals surface area contributed by atoms with Crippen molar-refractivity contribution in [3.63, 3.8) is 0 Å². The van der Waals surface area contributed by atoms with E-state index in [1.165, 1.54) is 15.3 Å². The number of hydrazone groups is 1. The molecule has 9 heteroatoms. The number of carbonyl (C=O) groups is 1. The fraction of sp³-hybridized carbons (Fsp3) is 0.708. The van der Waals surface area contributed by atoms with Crippen LogP contribution >= 0.6 is 11.3 Å². The molecule has 4 rings (SSSR count). The van der Waals surface area contributed by atoms with Crippen molar-refractivity contribution >= 4 is 29.2 Å². The molecule has 1 aromatic rings. The van der Waals surface area contributed by atoms with Gasteiger partial charge < -0.3 is 20.6 Å². The second-order valence-electron chi connectivity index (χ2n) is 9.48. The third-order valence-electron chi connectivity index (χ3n) is 7.15. The van der Waals surface area contributed by atoms with Crippen LogP contribution in [0.3, 0.4) is 0 Å². The van der Waals surface area contributed by atoms with Crippen LogP contribution < -0.4 is 5.84 Å². The molecule has 3 atom stereocenters. The fourth-order valence-corrected chi connectivity index (χ4v) is 6.50. The average Bonchev–Trinajstić information content (AvgIpc) is 3.41. The summed E-state index contributed by atoms with van der Waals surface area (Å²) in [7, 11) is 0. The third-order valence-corrected chi connectivity index (χ3v) is 8.49. The van der Waals surface area contributed by atoms with Gasteiger partial charge in [-0.1, -0.05) is 6.92 Å². The standard InChI is InChI=1S/C24H37N5O3S/c1-3-20-11-21-22(33-20)6-10-32-24(21)7-9-28(17(2)12-24)15-18(27-25)13-26-14-19(30)16-29-8-4-5-23(29)31/h11,13,17,19,30H,3-10,12,14-16,25H2,1-2H3/b26-13?,27-18+/t17-,19?,24+/m0/s1. The number of likely N-dealkylation sites (tertiary alicyclic amines) is 2. The molecule has 4 heterocycles. The molecule has 1 unspecified atom stereocenters. The van der Waals surface area contributed by atoms with Crippen molar-refractivity contribution in [1.82, 2.24) is 9.80 Å². The van der Waals surface area contributed by atoms with Crippen LogP contribution in [0, 0.1) is 0 Å². The molecule has 33 heavy (non-hydrogen) atoms. The number of fused-ring (bicyclic) bond motifs is 2. The smallest absolute Gasteiger partial charge is 0.222 e. The summed E-state index contributed by atoms with van der Waals surface area (Å²) in [6, 6.07) is 2.70. The SMILES string of the molecule is CCc1cc2c(s1)CCO[C@@]21CCN(C/C(C=NCC(O)CN2CCCC2=O)=N/N)[C@@H](C)C1. The van der Waals surface area contributed by atoms with Crippen LogP contribution in [0.5, 0.6) is 0 Å². The minimum absolute atomic E-state index is 0.113. The number of hydrogen-bond acceptors (Lipinski definition) is 8. The molecule has 0 bridgehead atoms. The summed E-state index contributed by atoms with van der Waals surface area (Å²) in [6.45, 7) is 8.08. The maximum atomic E-state index is 11.7. The molecule has 3 aliphatic rings. The van der Waals surface area contributed by atoms with E-state index >= 15 is 0 Å².